The van der Waals surface area contributed by atoms with Crippen LogP contribution in [-0.2, 0) is 0 Å². The van der Waals surface area contributed by atoms with E-state index in [0.29, 0.717) is 18.1 Å². The Kier molecular flexibility index (Phi) is 6.03. The maximum atomic E-state index is 11.5. The van der Waals surface area contributed by atoms with Crippen molar-refractivity contribution in [2.75, 3.05) is 6.61 Å². The van der Waals surface area contributed by atoms with Gasteiger partial charge < -0.3 is 9.15 Å². The fraction of sp³-hybridized carbons (Fsp3) is 0.450. The van der Waals surface area contributed by atoms with E-state index < -0.39 is 0 Å². The normalized spacial score (nSPS) is 12.2. The number of hydrogen-bond donors (Lipinski definition) is 0. The lowest BCUT2D eigenvalue weighted by molar-refractivity contribution is 0.279. The highest BCUT2D eigenvalue weighted by molar-refractivity contribution is 5.81. The molecule has 0 unspecified atom stereocenters. The first kappa shape index (κ1) is 17.3. The molecule has 1 aromatic heterocycles. The van der Waals surface area contributed by atoms with Gasteiger partial charge in [-0.1, -0.05) is 18.6 Å². The number of allylic oxidation sites excluding steroid dienone is 2. The fourth-order valence-electron chi connectivity index (χ4n) is 2.57. The molecule has 0 aliphatic carbocycles. The monoisotopic (exact) mass is 314 g/mol. The molecule has 2 aromatic rings. The van der Waals surface area contributed by atoms with E-state index in [4.69, 9.17) is 9.15 Å². The molecular formula is C20H26O3. The maximum Gasteiger partial charge on any atom is 0.336 e. The van der Waals surface area contributed by atoms with Crippen molar-refractivity contribution in [2.24, 2.45) is 5.92 Å². The summed E-state index contributed by atoms with van der Waals surface area (Å²) < 4.78 is 11.1. The molecule has 0 aliphatic rings. The third-order valence-electron chi connectivity index (χ3n) is 4.01. The molecule has 0 amide bonds. The molecule has 124 valence electrons. The van der Waals surface area contributed by atoms with Crippen LogP contribution >= 0.6 is 0 Å². The van der Waals surface area contributed by atoms with Gasteiger partial charge in [-0.2, -0.15) is 0 Å². The SMILES string of the molecule is CC(C)=CCC[C@@H](C)CCOc1ccc2c(C)cc(=O)oc2c1. The first-order valence-electron chi connectivity index (χ1n) is 8.26. The summed E-state index contributed by atoms with van der Waals surface area (Å²) in [5.41, 5.74) is 2.57. The van der Waals surface area contributed by atoms with Gasteiger partial charge in [0, 0.05) is 17.5 Å². The highest BCUT2D eigenvalue weighted by atomic mass is 16.5. The number of fused-ring (bicyclic) bond motifs is 1. The zero-order chi connectivity index (χ0) is 16.8. The second-order valence-corrected chi connectivity index (χ2v) is 6.51. The van der Waals surface area contributed by atoms with Crippen LogP contribution in [0.3, 0.4) is 0 Å². The molecule has 0 N–H and O–H groups in total. The third-order valence-corrected chi connectivity index (χ3v) is 4.01. The average Bonchev–Trinajstić information content (AvgIpc) is 2.46. The van der Waals surface area contributed by atoms with Crippen LogP contribution < -0.4 is 10.4 Å². The van der Waals surface area contributed by atoms with Crippen molar-refractivity contribution < 1.29 is 9.15 Å². The molecule has 0 fully saturated rings. The van der Waals surface area contributed by atoms with E-state index in [2.05, 4.69) is 26.8 Å². The summed E-state index contributed by atoms with van der Waals surface area (Å²) in [5, 5.41) is 0.951. The zero-order valence-corrected chi connectivity index (χ0v) is 14.5. The smallest absolute Gasteiger partial charge is 0.336 e. The van der Waals surface area contributed by atoms with Gasteiger partial charge in [-0.25, -0.2) is 4.79 Å². The van der Waals surface area contributed by atoms with Crippen molar-refractivity contribution >= 4 is 11.0 Å². The van der Waals surface area contributed by atoms with Crippen molar-refractivity contribution in [1.29, 1.82) is 0 Å². The Hall–Kier alpha value is -2.03. The molecule has 2 rings (SSSR count). The van der Waals surface area contributed by atoms with E-state index in [-0.39, 0.29) is 5.63 Å². The van der Waals surface area contributed by atoms with Gasteiger partial charge in [-0.3, -0.25) is 0 Å². The molecule has 0 aliphatic heterocycles. The van der Waals surface area contributed by atoms with Crippen LogP contribution in [0.1, 0.15) is 45.6 Å². The van der Waals surface area contributed by atoms with Gasteiger partial charge in [0.25, 0.3) is 0 Å². The average molecular weight is 314 g/mol. The van der Waals surface area contributed by atoms with Crippen LogP contribution in [0, 0.1) is 12.8 Å². The van der Waals surface area contributed by atoms with E-state index in [1.165, 1.54) is 18.1 Å². The van der Waals surface area contributed by atoms with Gasteiger partial charge in [0.05, 0.1) is 6.61 Å². The highest BCUT2D eigenvalue weighted by Gasteiger charge is 2.05. The molecule has 0 spiro atoms. The maximum absolute atomic E-state index is 11.5. The molecule has 1 aromatic carbocycles. The molecule has 1 heterocycles. The number of hydrogen-bond acceptors (Lipinski definition) is 3. The summed E-state index contributed by atoms with van der Waals surface area (Å²) >= 11 is 0. The summed E-state index contributed by atoms with van der Waals surface area (Å²) in [4.78, 5) is 11.5. The third kappa shape index (κ3) is 5.27. The number of ether oxygens (including phenoxy) is 1. The van der Waals surface area contributed by atoms with E-state index in [9.17, 15) is 4.79 Å². The summed E-state index contributed by atoms with van der Waals surface area (Å²) in [5.74, 6) is 1.38. The lowest BCUT2D eigenvalue weighted by Gasteiger charge is -2.12. The molecule has 0 bridgehead atoms. The van der Waals surface area contributed by atoms with Crippen LogP contribution in [0.5, 0.6) is 5.75 Å². The van der Waals surface area contributed by atoms with Crippen LogP contribution in [-0.4, -0.2) is 6.61 Å². The molecule has 3 nitrogen and oxygen atoms in total. The van der Waals surface area contributed by atoms with Crippen LogP contribution in [0.2, 0.25) is 0 Å². The van der Waals surface area contributed by atoms with Crippen LogP contribution in [0.15, 0.2) is 45.1 Å². The molecule has 0 saturated carbocycles. The molecule has 1 atom stereocenters. The Balaban J connectivity index is 1.90. The first-order valence-corrected chi connectivity index (χ1v) is 8.26. The van der Waals surface area contributed by atoms with Crippen LogP contribution in [0.4, 0.5) is 0 Å². The summed E-state index contributed by atoms with van der Waals surface area (Å²) in [6.07, 6.45) is 5.61. The standard InChI is InChI=1S/C20H26O3/c1-14(2)6-5-7-15(3)10-11-22-17-8-9-18-16(4)12-20(21)23-19(18)13-17/h6,8-9,12-13,15H,5,7,10-11H2,1-4H3/t15-/m1/s1. The summed E-state index contributed by atoms with van der Waals surface area (Å²) in [6.45, 7) is 9.11. The quantitative estimate of drug-likeness (QED) is 0.517. The summed E-state index contributed by atoms with van der Waals surface area (Å²) in [6, 6.07) is 7.19. The lowest BCUT2D eigenvalue weighted by atomic mass is 10.0. The molecular weight excluding hydrogens is 288 g/mol. The predicted molar refractivity (Wildman–Crippen MR) is 95.2 cm³/mol. The molecule has 0 saturated heterocycles. The van der Waals surface area contributed by atoms with Crippen molar-refractivity contribution in [3.8, 4) is 5.75 Å². The van der Waals surface area contributed by atoms with Crippen LogP contribution in [0.25, 0.3) is 11.0 Å². The van der Waals surface area contributed by atoms with Crippen molar-refractivity contribution in [1.82, 2.24) is 0 Å². The number of rotatable bonds is 7. The van der Waals surface area contributed by atoms with Crippen molar-refractivity contribution in [3.63, 3.8) is 0 Å². The van der Waals surface area contributed by atoms with Gasteiger partial charge in [0.15, 0.2) is 0 Å². The van der Waals surface area contributed by atoms with E-state index in [0.717, 1.165) is 29.5 Å². The van der Waals surface area contributed by atoms with Gasteiger partial charge >= 0.3 is 5.63 Å². The largest absolute Gasteiger partial charge is 0.493 e. The van der Waals surface area contributed by atoms with Gasteiger partial charge in [-0.15, -0.1) is 0 Å². The number of aryl methyl sites for hydroxylation is 1. The molecule has 3 heteroatoms. The second-order valence-electron chi connectivity index (χ2n) is 6.51. The Morgan fingerprint density at radius 1 is 1.26 bits per heavy atom. The topological polar surface area (TPSA) is 39.4 Å². The minimum atomic E-state index is -0.319. The Labute approximate surface area is 138 Å². The lowest BCUT2D eigenvalue weighted by Crippen LogP contribution is -2.04. The minimum Gasteiger partial charge on any atom is -0.493 e. The first-order chi connectivity index (χ1) is 11.0. The second kappa shape index (κ2) is 8.00. The van der Waals surface area contributed by atoms with Gasteiger partial charge in [0.2, 0.25) is 0 Å². The molecule has 23 heavy (non-hydrogen) atoms. The Morgan fingerprint density at radius 2 is 2.04 bits per heavy atom. The zero-order valence-electron chi connectivity index (χ0n) is 14.5. The Bertz CT molecular complexity index is 736. The van der Waals surface area contributed by atoms with Gasteiger partial charge in [-0.05, 0) is 63.6 Å². The van der Waals surface area contributed by atoms with E-state index >= 15 is 0 Å². The fourth-order valence-corrected chi connectivity index (χ4v) is 2.57. The highest BCUT2D eigenvalue weighted by Crippen LogP contribution is 2.22. The molecule has 0 radical (unpaired) electrons. The Morgan fingerprint density at radius 3 is 2.78 bits per heavy atom. The van der Waals surface area contributed by atoms with Crippen molar-refractivity contribution in [3.05, 3.63) is 51.9 Å². The van der Waals surface area contributed by atoms with E-state index in [1.807, 2.05) is 19.1 Å². The minimum absolute atomic E-state index is 0.319. The van der Waals surface area contributed by atoms with Crippen molar-refractivity contribution in [2.45, 2.75) is 47.0 Å². The van der Waals surface area contributed by atoms with Gasteiger partial charge in [0.1, 0.15) is 11.3 Å². The van der Waals surface area contributed by atoms with E-state index in [1.54, 1.807) is 6.07 Å². The predicted octanol–water partition coefficient (Wildman–Crippen LogP) is 5.25. The number of benzene rings is 1. The summed E-state index contributed by atoms with van der Waals surface area (Å²) in [7, 11) is 0.